The van der Waals surface area contributed by atoms with E-state index in [1.807, 2.05) is 6.07 Å². The third-order valence-electron chi connectivity index (χ3n) is 11.9. The van der Waals surface area contributed by atoms with E-state index in [9.17, 15) is 0 Å². The second kappa shape index (κ2) is 13.4. The molecule has 0 spiro atoms. The van der Waals surface area contributed by atoms with E-state index in [1.165, 1.54) is 16.2 Å². The van der Waals surface area contributed by atoms with Crippen molar-refractivity contribution in [2.45, 2.75) is 0 Å². The molecule has 0 aliphatic rings. The number of anilines is 3. The van der Waals surface area contributed by atoms with Gasteiger partial charge in [0.25, 0.3) is 0 Å². The molecule has 2 heterocycles. The van der Waals surface area contributed by atoms with Gasteiger partial charge >= 0.3 is 0 Å². The zero-order chi connectivity index (χ0) is 38.9. The van der Waals surface area contributed by atoms with Crippen molar-refractivity contribution in [3.63, 3.8) is 0 Å². The minimum Gasteiger partial charge on any atom is -0.455 e. The Balaban J connectivity index is 1.08. The predicted molar refractivity (Wildman–Crippen MR) is 247 cm³/mol. The summed E-state index contributed by atoms with van der Waals surface area (Å²) < 4.78 is 13.7. The lowest BCUT2D eigenvalue weighted by atomic mass is 9.94. The molecule has 0 radical (unpaired) electrons. The van der Waals surface area contributed by atoms with E-state index >= 15 is 0 Å². The average Bonchev–Trinajstić information content (AvgIpc) is 3.90. The number of hydrogen-bond acceptors (Lipinski definition) is 3. The highest BCUT2D eigenvalue weighted by atomic mass is 16.3. The molecule has 0 bridgehead atoms. The van der Waals surface area contributed by atoms with Crippen molar-refractivity contribution < 1.29 is 8.83 Å². The Morgan fingerprint density at radius 3 is 1.64 bits per heavy atom. The van der Waals surface area contributed by atoms with Gasteiger partial charge in [-0.25, -0.2) is 0 Å². The molecule has 0 saturated carbocycles. The molecule has 0 saturated heterocycles. The summed E-state index contributed by atoms with van der Waals surface area (Å²) in [6.45, 7) is 0. The fraction of sp³-hybridized carbons (Fsp3) is 0. The Morgan fingerprint density at radius 1 is 0.288 bits per heavy atom. The van der Waals surface area contributed by atoms with Crippen molar-refractivity contribution in [2.75, 3.05) is 4.90 Å². The highest BCUT2D eigenvalue weighted by molar-refractivity contribution is 6.18. The second-order valence-corrected chi connectivity index (χ2v) is 15.2. The molecule has 59 heavy (non-hydrogen) atoms. The van der Waals surface area contributed by atoms with Crippen LogP contribution in [0.15, 0.2) is 221 Å². The molecule has 0 atom stereocenters. The fourth-order valence-electron chi connectivity index (χ4n) is 9.16. The minimum absolute atomic E-state index is 0.843. The Morgan fingerprint density at radius 2 is 0.864 bits per heavy atom. The molecule has 0 amide bonds. The molecule has 3 nitrogen and oxygen atoms in total. The van der Waals surface area contributed by atoms with Crippen LogP contribution in [0.2, 0.25) is 0 Å². The standard InChI is InChI=1S/C56H35NO2/c1-3-14-36(15-4-1)43-21-11-23-47-48-24-13-26-51(55(48)59-54(43)47)57(50-25-12-22-45-41-19-8-7-18-38(41)30-33-46(45)50)40-31-28-39(29-32-40)42-34-35-44(37-16-5-2-6-17-37)56-53(42)49-20-9-10-27-52(49)58-56/h1-35H. The van der Waals surface area contributed by atoms with Gasteiger partial charge in [-0.15, -0.1) is 0 Å². The lowest BCUT2D eigenvalue weighted by Gasteiger charge is -2.27. The first-order chi connectivity index (χ1) is 29.3. The van der Waals surface area contributed by atoms with E-state index in [-0.39, 0.29) is 0 Å². The number of benzene rings is 10. The summed E-state index contributed by atoms with van der Waals surface area (Å²) in [7, 11) is 0. The molecule has 0 aliphatic heterocycles. The number of rotatable bonds is 6. The van der Waals surface area contributed by atoms with Gasteiger partial charge in [0, 0.05) is 43.7 Å². The number of para-hydroxylation sites is 3. The lowest BCUT2D eigenvalue weighted by Crippen LogP contribution is -2.10. The number of furan rings is 2. The lowest BCUT2D eigenvalue weighted by molar-refractivity contribution is 0.669. The Kier molecular flexibility index (Phi) is 7.54. The van der Waals surface area contributed by atoms with Crippen LogP contribution < -0.4 is 4.90 Å². The molecule has 3 heteroatoms. The molecule has 276 valence electrons. The van der Waals surface area contributed by atoms with Gasteiger partial charge in [-0.1, -0.05) is 176 Å². The quantitative estimate of drug-likeness (QED) is 0.158. The van der Waals surface area contributed by atoms with Crippen LogP contribution in [0.1, 0.15) is 0 Å². The summed E-state index contributed by atoms with van der Waals surface area (Å²) in [4.78, 5) is 2.37. The van der Waals surface area contributed by atoms with E-state index in [2.05, 4.69) is 211 Å². The van der Waals surface area contributed by atoms with Crippen LogP contribution in [-0.2, 0) is 0 Å². The maximum absolute atomic E-state index is 7.04. The number of hydrogen-bond donors (Lipinski definition) is 0. The molecule has 12 aromatic rings. The highest BCUT2D eigenvalue weighted by Gasteiger charge is 2.23. The predicted octanol–water partition coefficient (Wildman–Crippen LogP) is 16.3. The molecule has 0 fully saturated rings. The molecule has 0 unspecified atom stereocenters. The zero-order valence-corrected chi connectivity index (χ0v) is 32.0. The summed E-state index contributed by atoms with van der Waals surface area (Å²) in [5.74, 6) is 0. The molecule has 0 aliphatic carbocycles. The highest BCUT2D eigenvalue weighted by Crippen LogP contribution is 2.47. The Hall–Kier alpha value is -7.88. The van der Waals surface area contributed by atoms with Gasteiger partial charge in [-0.3, -0.25) is 0 Å². The summed E-state index contributed by atoms with van der Waals surface area (Å²) in [6.07, 6.45) is 0. The second-order valence-electron chi connectivity index (χ2n) is 15.2. The first-order valence-electron chi connectivity index (χ1n) is 20.1. The summed E-state index contributed by atoms with van der Waals surface area (Å²) in [5, 5.41) is 9.22. The average molecular weight is 754 g/mol. The molecule has 0 N–H and O–H groups in total. The van der Waals surface area contributed by atoms with Gasteiger partial charge in [0.15, 0.2) is 5.58 Å². The van der Waals surface area contributed by atoms with Crippen molar-refractivity contribution in [3.8, 4) is 33.4 Å². The number of nitrogens with zero attached hydrogens (tertiary/aromatic N) is 1. The maximum atomic E-state index is 7.04. The van der Waals surface area contributed by atoms with Crippen LogP contribution in [-0.4, -0.2) is 0 Å². The van der Waals surface area contributed by atoms with E-state index in [0.717, 1.165) is 99.7 Å². The van der Waals surface area contributed by atoms with Gasteiger partial charge in [0.05, 0.1) is 11.4 Å². The van der Waals surface area contributed by atoms with Gasteiger partial charge in [-0.05, 0) is 74.8 Å². The van der Waals surface area contributed by atoms with Crippen molar-refractivity contribution in [1.82, 2.24) is 0 Å². The van der Waals surface area contributed by atoms with E-state index in [0.29, 0.717) is 0 Å². The minimum atomic E-state index is 0.843. The Labute approximate surface area is 340 Å². The monoisotopic (exact) mass is 753 g/mol. The van der Waals surface area contributed by atoms with Crippen molar-refractivity contribution in [3.05, 3.63) is 212 Å². The molecule has 2 aromatic heterocycles. The summed E-state index contributed by atoms with van der Waals surface area (Å²) in [5.41, 5.74) is 13.3. The van der Waals surface area contributed by atoms with Crippen LogP contribution in [0.25, 0.3) is 98.8 Å². The normalized spacial score (nSPS) is 11.7. The largest absolute Gasteiger partial charge is 0.455 e. The fourth-order valence-corrected chi connectivity index (χ4v) is 9.16. The van der Waals surface area contributed by atoms with Crippen LogP contribution >= 0.6 is 0 Å². The first-order valence-corrected chi connectivity index (χ1v) is 20.1. The van der Waals surface area contributed by atoms with Crippen molar-refractivity contribution in [1.29, 1.82) is 0 Å². The smallest absolute Gasteiger partial charge is 0.159 e. The molecular formula is C56H35NO2. The van der Waals surface area contributed by atoms with E-state index in [1.54, 1.807) is 0 Å². The van der Waals surface area contributed by atoms with Gasteiger partial charge in [0.2, 0.25) is 0 Å². The first kappa shape index (κ1) is 33.3. The van der Waals surface area contributed by atoms with Crippen LogP contribution in [0.5, 0.6) is 0 Å². The van der Waals surface area contributed by atoms with Gasteiger partial charge < -0.3 is 13.7 Å². The van der Waals surface area contributed by atoms with Crippen LogP contribution in [0.3, 0.4) is 0 Å². The number of fused-ring (bicyclic) bond motifs is 9. The van der Waals surface area contributed by atoms with Crippen molar-refractivity contribution >= 4 is 82.5 Å². The SMILES string of the molecule is c1ccc(-c2cccc3c2oc2c(N(c4ccc(-c5ccc(-c6ccccc6)c6oc7ccccc7c56)cc4)c4cccc5c4ccc4ccccc45)cccc23)cc1. The van der Waals surface area contributed by atoms with Crippen LogP contribution in [0, 0.1) is 0 Å². The van der Waals surface area contributed by atoms with E-state index in [4.69, 9.17) is 8.83 Å². The van der Waals surface area contributed by atoms with Crippen LogP contribution in [0.4, 0.5) is 17.1 Å². The Bertz CT molecular complexity index is 3540. The zero-order valence-electron chi connectivity index (χ0n) is 32.0. The topological polar surface area (TPSA) is 29.5 Å². The molecule has 10 aromatic carbocycles. The molecular weight excluding hydrogens is 719 g/mol. The third kappa shape index (κ3) is 5.29. The summed E-state index contributed by atoms with van der Waals surface area (Å²) in [6, 6.07) is 75.5. The van der Waals surface area contributed by atoms with Gasteiger partial charge in [-0.2, -0.15) is 0 Å². The summed E-state index contributed by atoms with van der Waals surface area (Å²) >= 11 is 0. The van der Waals surface area contributed by atoms with Gasteiger partial charge in [0.1, 0.15) is 16.7 Å². The third-order valence-corrected chi connectivity index (χ3v) is 11.9. The maximum Gasteiger partial charge on any atom is 0.159 e. The molecule has 12 rings (SSSR count). The van der Waals surface area contributed by atoms with E-state index < -0.39 is 0 Å². The van der Waals surface area contributed by atoms with Crippen molar-refractivity contribution in [2.24, 2.45) is 0 Å².